The number of aliphatic carboxylic acids is 1. The first kappa shape index (κ1) is 7.95. The topological polar surface area (TPSA) is 66.2 Å². The number of carbonyl (C=O) groups excluding carboxylic acids is 1. The van der Waals surface area contributed by atoms with Gasteiger partial charge in [-0.2, -0.15) is 0 Å². The van der Waals surface area contributed by atoms with Gasteiger partial charge in [-0.05, 0) is 0 Å². The summed E-state index contributed by atoms with van der Waals surface area (Å²) in [6.07, 6.45) is 0. The maximum absolute atomic E-state index is 9.86. The van der Waals surface area contributed by atoms with E-state index < -0.39 is 12.0 Å². The Labute approximate surface area is 54.4 Å². The minimum atomic E-state index is -1.14. The van der Waals surface area contributed by atoms with Crippen LogP contribution < -0.4 is 10.8 Å². The average Bonchev–Trinajstić information content (AvgIpc) is 1.67. The van der Waals surface area contributed by atoms with Gasteiger partial charge >= 0.3 is 53.7 Å². The molecule has 0 spiro atoms. The Bertz CT molecular complexity index is 86.1. The van der Waals surface area contributed by atoms with Crippen LogP contribution in [0.15, 0.2) is 0 Å². The summed E-state index contributed by atoms with van der Waals surface area (Å²) in [6.45, 7) is 0. The van der Waals surface area contributed by atoms with E-state index in [1.165, 1.54) is 0 Å². The first-order valence-corrected chi connectivity index (χ1v) is 5.06. The molecule has 2 N–H and O–H groups in total. The number of rotatable bonds is 3. The Morgan fingerprint density at radius 2 is 2.50 bits per heavy atom. The van der Waals surface area contributed by atoms with Crippen molar-refractivity contribution in [2.45, 2.75) is 17.2 Å². The molecule has 1 atom stereocenters. The molecular formula is C4H8NO2Se-. The normalized spacial score (nSPS) is 13.2. The summed E-state index contributed by atoms with van der Waals surface area (Å²) in [5.41, 5.74) is 5.08. The number of carboxylic acids is 1. The molecule has 0 saturated carbocycles. The van der Waals surface area contributed by atoms with Crippen molar-refractivity contribution in [3.05, 3.63) is 0 Å². The van der Waals surface area contributed by atoms with Gasteiger partial charge in [-0.25, -0.2) is 0 Å². The van der Waals surface area contributed by atoms with Crippen molar-refractivity contribution in [2.75, 3.05) is 0 Å². The van der Waals surface area contributed by atoms with Crippen LogP contribution in [0.25, 0.3) is 0 Å². The van der Waals surface area contributed by atoms with Gasteiger partial charge in [-0.3, -0.25) is 0 Å². The zero-order valence-electron chi connectivity index (χ0n) is 4.59. The molecule has 0 heterocycles. The molecule has 0 aliphatic carbocycles. The van der Waals surface area contributed by atoms with Gasteiger partial charge in [0, 0.05) is 0 Å². The van der Waals surface area contributed by atoms with E-state index in [2.05, 4.69) is 0 Å². The standard InChI is InChI=1S/C4H9NO2Se/c1-8-2-3(5)4(6)7/h3H,2,5H2,1H3,(H,6,7)/p-1/t3-/m1/s1. The Balaban J connectivity index is 3.32. The van der Waals surface area contributed by atoms with Crippen molar-refractivity contribution in [3.63, 3.8) is 0 Å². The molecule has 0 bridgehead atoms. The van der Waals surface area contributed by atoms with E-state index in [-0.39, 0.29) is 0 Å². The molecule has 0 aromatic heterocycles. The van der Waals surface area contributed by atoms with E-state index in [0.29, 0.717) is 20.3 Å². The second-order valence-corrected chi connectivity index (χ2v) is 3.29. The van der Waals surface area contributed by atoms with Gasteiger partial charge in [-0.1, -0.05) is 0 Å². The molecule has 0 saturated heterocycles. The number of hydrogen-bond acceptors (Lipinski definition) is 3. The van der Waals surface area contributed by atoms with Gasteiger partial charge in [-0.15, -0.1) is 0 Å². The van der Waals surface area contributed by atoms with E-state index >= 15 is 0 Å². The summed E-state index contributed by atoms with van der Waals surface area (Å²) in [4.78, 5) is 9.86. The number of hydrogen-bond donors (Lipinski definition) is 1. The number of carboxylic acid groups (broad SMARTS) is 1. The van der Waals surface area contributed by atoms with Crippen LogP contribution in [-0.4, -0.2) is 27.0 Å². The van der Waals surface area contributed by atoms with Crippen LogP contribution in [0.1, 0.15) is 0 Å². The third kappa shape index (κ3) is 3.02. The first-order valence-electron chi connectivity index (χ1n) is 2.14. The van der Waals surface area contributed by atoms with Gasteiger partial charge in [0.25, 0.3) is 0 Å². The molecule has 0 fully saturated rings. The Morgan fingerprint density at radius 3 is 2.62 bits per heavy atom. The van der Waals surface area contributed by atoms with Crippen molar-refractivity contribution in [1.29, 1.82) is 0 Å². The first-order chi connectivity index (χ1) is 3.68. The predicted octanol–water partition coefficient (Wildman–Crippen LogP) is -1.77. The molecular weight excluding hydrogens is 173 g/mol. The predicted molar refractivity (Wildman–Crippen MR) is 29.4 cm³/mol. The maximum atomic E-state index is 9.86. The molecule has 0 rings (SSSR count). The fraction of sp³-hybridized carbons (Fsp3) is 0.750. The molecule has 0 aromatic carbocycles. The SMILES string of the molecule is C[Se]C[C@@H](N)C(=O)[O-]. The van der Waals surface area contributed by atoms with E-state index in [4.69, 9.17) is 5.73 Å². The third-order valence-corrected chi connectivity index (χ3v) is 2.10. The van der Waals surface area contributed by atoms with Crippen molar-refractivity contribution >= 4 is 20.9 Å². The number of carbonyl (C=O) groups is 1. The van der Waals surface area contributed by atoms with Crippen LogP contribution in [0.4, 0.5) is 0 Å². The summed E-state index contributed by atoms with van der Waals surface area (Å²) in [6, 6.07) is -0.750. The average molecular weight is 181 g/mol. The molecule has 0 unspecified atom stereocenters. The fourth-order valence-corrected chi connectivity index (χ4v) is 1.29. The fourth-order valence-electron chi connectivity index (χ4n) is 0.248. The molecule has 48 valence electrons. The van der Waals surface area contributed by atoms with Gasteiger partial charge in [0.05, 0.1) is 0 Å². The van der Waals surface area contributed by atoms with Crippen LogP contribution in [0.2, 0.25) is 11.1 Å². The minimum absolute atomic E-state index is 0.333. The van der Waals surface area contributed by atoms with Gasteiger partial charge < -0.3 is 0 Å². The van der Waals surface area contributed by atoms with Gasteiger partial charge in [0.2, 0.25) is 0 Å². The van der Waals surface area contributed by atoms with Gasteiger partial charge in [0.1, 0.15) is 0 Å². The summed E-state index contributed by atoms with van der Waals surface area (Å²) >= 11 is 0.333. The molecule has 0 aliphatic rings. The Hall–Kier alpha value is -0.0505. The summed E-state index contributed by atoms with van der Waals surface area (Å²) < 4.78 is 0. The summed E-state index contributed by atoms with van der Waals surface area (Å²) in [5, 5.41) is 10.4. The zero-order valence-corrected chi connectivity index (χ0v) is 6.30. The second-order valence-electron chi connectivity index (χ2n) is 1.38. The molecule has 0 aromatic rings. The van der Waals surface area contributed by atoms with E-state index in [9.17, 15) is 9.90 Å². The Kier molecular flexibility index (Phi) is 3.87. The van der Waals surface area contributed by atoms with Crippen molar-refractivity contribution in [2.24, 2.45) is 5.73 Å². The van der Waals surface area contributed by atoms with Crippen molar-refractivity contribution in [1.82, 2.24) is 0 Å². The molecule has 0 amide bonds. The summed E-state index contributed by atoms with van der Waals surface area (Å²) in [5.74, 6) is 0.796. The molecule has 0 radical (unpaired) electrons. The quantitative estimate of drug-likeness (QED) is 0.524. The summed E-state index contributed by atoms with van der Waals surface area (Å²) in [7, 11) is 0. The number of nitrogens with two attached hydrogens (primary N) is 1. The van der Waals surface area contributed by atoms with Crippen molar-refractivity contribution < 1.29 is 9.90 Å². The van der Waals surface area contributed by atoms with Crippen molar-refractivity contribution in [3.8, 4) is 0 Å². The van der Waals surface area contributed by atoms with Crippen LogP contribution in [0.3, 0.4) is 0 Å². The van der Waals surface area contributed by atoms with Gasteiger partial charge in [0.15, 0.2) is 0 Å². The van der Waals surface area contributed by atoms with Crippen LogP contribution in [-0.2, 0) is 4.79 Å². The van der Waals surface area contributed by atoms with E-state index in [0.717, 1.165) is 0 Å². The monoisotopic (exact) mass is 182 g/mol. The zero-order chi connectivity index (χ0) is 6.57. The van der Waals surface area contributed by atoms with E-state index in [1.807, 2.05) is 5.82 Å². The Morgan fingerprint density at radius 1 is 2.00 bits per heavy atom. The van der Waals surface area contributed by atoms with Crippen LogP contribution in [0, 0.1) is 0 Å². The third-order valence-electron chi connectivity index (χ3n) is 0.649. The molecule has 0 aliphatic heterocycles. The molecule has 3 nitrogen and oxygen atoms in total. The molecule has 4 heteroatoms. The second kappa shape index (κ2) is 3.89. The van der Waals surface area contributed by atoms with E-state index in [1.54, 1.807) is 0 Å². The van der Waals surface area contributed by atoms with Crippen LogP contribution >= 0.6 is 0 Å². The van der Waals surface area contributed by atoms with Crippen LogP contribution in [0.5, 0.6) is 0 Å². The molecule has 8 heavy (non-hydrogen) atoms.